The molecule has 23 heavy (non-hydrogen) atoms. The number of halogens is 1. The lowest BCUT2D eigenvalue weighted by Crippen LogP contribution is -2.32. The number of anilines is 1. The molecule has 2 N–H and O–H groups in total. The van der Waals surface area contributed by atoms with Crippen molar-refractivity contribution in [3.63, 3.8) is 0 Å². The van der Waals surface area contributed by atoms with Crippen LogP contribution in [0.5, 0.6) is 11.5 Å². The number of rotatable bonds is 7. The van der Waals surface area contributed by atoms with Crippen LogP contribution in [0.3, 0.4) is 0 Å². The molecule has 0 atom stereocenters. The van der Waals surface area contributed by atoms with Crippen LogP contribution >= 0.6 is 15.9 Å². The van der Waals surface area contributed by atoms with Crippen molar-refractivity contribution < 1.29 is 14.3 Å². The highest BCUT2D eigenvalue weighted by atomic mass is 79.9. The molecule has 0 bridgehead atoms. The lowest BCUT2D eigenvalue weighted by molar-refractivity contribution is 0.247. The summed E-state index contributed by atoms with van der Waals surface area (Å²) in [6, 6.07) is 14.5. The normalized spacial score (nSPS) is 10.0. The largest absolute Gasteiger partial charge is 0.494 e. The Morgan fingerprint density at radius 1 is 1.00 bits per heavy atom. The monoisotopic (exact) mass is 378 g/mol. The second-order valence-corrected chi connectivity index (χ2v) is 5.56. The zero-order chi connectivity index (χ0) is 16.5. The number of nitrogens with one attached hydrogen (secondary N) is 2. The van der Waals surface area contributed by atoms with E-state index in [9.17, 15) is 4.79 Å². The summed E-state index contributed by atoms with van der Waals surface area (Å²) >= 11 is 3.35. The van der Waals surface area contributed by atoms with E-state index in [2.05, 4.69) is 26.6 Å². The van der Waals surface area contributed by atoms with E-state index in [0.29, 0.717) is 19.8 Å². The van der Waals surface area contributed by atoms with Crippen molar-refractivity contribution in [3.05, 3.63) is 53.0 Å². The molecular weight excluding hydrogens is 360 g/mol. The summed E-state index contributed by atoms with van der Waals surface area (Å²) in [6.07, 6.45) is 0. The van der Waals surface area contributed by atoms with E-state index in [-0.39, 0.29) is 6.03 Å². The molecule has 0 aromatic heterocycles. The predicted octanol–water partition coefficient (Wildman–Crippen LogP) is 4.05. The smallest absolute Gasteiger partial charge is 0.319 e. The van der Waals surface area contributed by atoms with Crippen molar-refractivity contribution in [3.8, 4) is 11.5 Å². The molecule has 0 saturated carbocycles. The second-order valence-electron chi connectivity index (χ2n) is 4.64. The lowest BCUT2D eigenvalue weighted by atomic mass is 10.3. The quantitative estimate of drug-likeness (QED) is 0.714. The average molecular weight is 379 g/mol. The fraction of sp³-hybridized carbons (Fsp3) is 0.235. The van der Waals surface area contributed by atoms with Gasteiger partial charge in [-0.25, -0.2) is 4.79 Å². The van der Waals surface area contributed by atoms with Gasteiger partial charge in [0.15, 0.2) is 0 Å². The minimum atomic E-state index is -0.261. The van der Waals surface area contributed by atoms with Gasteiger partial charge in [0.25, 0.3) is 0 Å². The number of carbonyl (C=O) groups is 1. The van der Waals surface area contributed by atoms with Gasteiger partial charge in [0.1, 0.15) is 18.1 Å². The SMILES string of the molecule is CCOc1ccc(OCCNC(=O)Nc2ccc(Br)cc2)cc1. The van der Waals surface area contributed by atoms with Gasteiger partial charge in [-0.15, -0.1) is 0 Å². The number of carbonyl (C=O) groups excluding carboxylic acids is 1. The molecule has 0 aliphatic carbocycles. The van der Waals surface area contributed by atoms with Gasteiger partial charge >= 0.3 is 6.03 Å². The molecule has 0 aliphatic rings. The number of hydrogen-bond donors (Lipinski definition) is 2. The van der Waals surface area contributed by atoms with Crippen LogP contribution in [0.4, 0.5) is 10.5 Å². The van der Waals surface area contributed by atoms with Crippen molar-refractivity contribution in [1.82, 2.24) is 5.32 Å². The third kappa shape index (κ3) is 6.20. The Kier molecular flexibility index (Phi) is 6.75. The molecule has 0 spiro atoms. The van der Waals surface area contributed by atoms with E-state index in [4.69, 9.17) is 9.47 Å². The molecule has 0 radical (unpaired) electrons. The summed E-state index contributed by atoms with van der Waals surface area (Å²) in [7, 11) is 0. The highest BCUT2D eigenvalue weighted by Crippen LogP contribution is 2.17. The molecule has 122 valence electrons. The van der Waals surface area contributed by atoms with E-state index >= 15 is 0 Å². The Morgan fingerprint density at radius 3 is 2.22 bits per heavy atom. The molecule has 5 nitrogen and oxygen atoms in total. The van der Waals surface area contributed by atoms with Crippen LogP contribution in [0.1, 0.15) is 6.92 Å². The lowest BCUT2D eigenvalue weighted by Gasteiger charge is -2.10. The van der Waals surface area contributed by atoms with Gasteiger partial charge in [0.2, 0.25) is 0 Å². The van der Waals surface area contributed by atoms with Crippen molar-refractivity contribution in [2.75, 3.05) is 25.1 Å². The molecule has 0 fully saturated rings. The van der Waals surface area contributed by atoms with E-state index in [1.54, 1.807) is 0 Å². The van der Waals surface area contributed by atoms with Gasteiger partial charge in [0, 0.05) is 10.2 Å². The number of hydrogen-bond acceptors (Lipinski definition) is 3. The Bertz CT molecular complexity index is 615. The Labute approximate surface area is 144 Å². The van der Waals surface area contributed by atoms with E-state index in [1.165, 1.54) is 0 Å². The summed E-state index contributed by atoms with van der Waals surface area (Å²) < 4.78 is 11.9. The first kappa shape index (κ1) is 17.1. The summed E-state index contributed by atoms with van der Waals surface area (Å²) in [5.41, 5.74) is 0.734. The van der Waals surface area contributed by atoms with Gasteiger partial charge in [-0.2, -0.15) is 0 Å². The zero-order valence-corrected chi connectivity index (χ0v) is 14.4. The van der Waals surface area contributed by atoms with Crippen LogP contribution in [-0.4, -0.2) is 25.8 Å². The van der Waals surface area contributed by atoms with Crippen molar-refractivity contribution in [2.24, 2.45) is 0 Å². The highest BCUT2D eigenvalue weighted by Gasteiger charge is 2.01. The maximum Gasteiger partial charge on any atom is 0.319 e. The third-order valence-electron chi connectivity index (χ3n) is 2.89. The minimum Gasteiger partial charge on any atom is -0.494 e. The minimum absolute atomic E-state index is 0.261. The van der Waals surface area contributed by atoms with E-state index < -0.39 is 0 Å². The molecule has 0 heterocycles. The molecule has 0 saturated heterocycles. The Balaban J connectivity index is 1.66. The van der Waals surface area contributed by atoms with Crippen molar-refractivity contribution >= 4 is 27.6 Å². The second kappa shape index (κ2) is 9.05. The van der Waals surface area contributed by atoms with E-state index in [0.717, 1.165) is 21.7 Å². The number of amides is 2. The maximum absolute atomic E-state index is 11.7. The van der Waals surface area contributed by atoms with Gasteiger partial charge in [-0.05, 0) is 55.5 Å². The molecule has 0 aliphatic heterocycles. The zero-order valence-electron chi connectivity index (χ0n) is 12.8. The number of benzene rings is 2. The number of urea groups is 1. The molecule has 2 amide bonds. The van der Waals surface area contributed by atoms with Crippen LogP contribution in [0.2, 0.25) is 0 Å². The maximum atomic E-state index is 11.7. The van der Waals surface area contributed by atoms with Crippen LogP contribution in [-0.2, 0) is 0 Å². The van der Waals surface area contributed by atoms with Crippen LogP contribution in [0.25, 0.3) is 0 Å². The highest BCUT2D eigenvalue weighted by molar-refractivity contribution is 9.10. The molecule has 2 aromatic rings. The molecular formula is C17H19BrN2O3. The Hall–Kier alpha value is -2.21. The van der Waals surface area contributed by atoms with Gasteiger partial charge in [-0.3, -0.25) is 0 Å². The summed E-state index contributed by atoms with van der Waals surface area (Å²) in [5, 5.41) is 5.48. The van der Waals surface area contributed by atoms with Gasteiger partial charge in [-0.1, -0.05) is 15.9 Å². The van der Waals surface area contributed by atoms with Crippen molar-refractivity contribution in [2.45, 2.75) is 6.92 Å². The summed E-state index contributed by atoms with van der Waals surface area (Å²) in [6.45, 7) is 3.38. The molecule has 2 aromatic carbocycles. The van der Waals surface area contributed by atoms with Crippen molar-refractivity contribution in [1.29, 1.82) is 0 Å². The number of ether oxygens (including phenoxy) is 2. The third-order valence-corrected chi connectivity index (χ3v) is 3.42. The fourth-order valence-electron chi connectivity index (χ4n) is 1.84. The topological polar surface area (TPSA) is 59.6 Å². The fourth-order valence-corrected chi connectivity index (χ4v) is 2.11. The first-order valence-corrected chi connectivity index (χ1v) is 8.13. The van der Waals surface area contributed by atoms with Crippen LogP contribution in [0, 0.1) is 0 Å². The predicted molar refractivity (Wildman–Crippen MR) is 94.3 cm³/mol. The first-order chi connectivity index (χ1) is 11.2. The summed E-state index contributed by atoms with van der Waals surface area (Å²) in [4.78, 5) is 11.7. The van der Waals surface area contributed by atoms with E-state index in [1.807, 2.05) is 55.5 Å². The Morgan fingerprint density at radius 2 is 1.61 bits per heavy atom. The molecule has 0 unspecified atom stereocenters. The molecule has 2 rings (SSSR count). The average Bonchev–Trinajstić information content (AvgIpc) is 2.55. The van der Waals surface area contributed by atoms with Gasteiger partial charge < -0.3 is 20.1 Å². The standard InChI is InChI=1S/C17H19BrN2O3/c1-2-22-15-7-9-16(10-8-15)23-12-11-19-17(21)20-14-5-3-13(18)4-6-14/h3-10H,2,11-12H2,1H3,(H2,19,20,21). The molecule has 6 heteroatoms. The summed E-state index contributed by atoms with van der Waals surface area (Å²) in [5.74, 6) is 1.55. The van der Waals surface area contributed by atoms with Crippen LogP contribution < -0.4 is 20.1 Å². The van der Waals surface area contributed by atoms with Gasteiger partial charge in [0.05, 0.1) is 13.2 Å². The van der Waals surface area contributed by atoms with Crippen LogP contribution in [0.15, 0.2) is 53.0 Å². The first-order valence-electron chi connectivity index (χ1n) is 7.33.